The van der Waals surface area contributed by atoms with Crippen LogP contribution in [0.4, 0.5) is 0 Å². The summed E-state index contributed by atoms with van der Waals surface area (Å²) in [6, 6.07) is 0. The van der Waals surface area contributed by atoms with Crippen molar-refractivity contribution in [1.82, 2.24) is 4.90 Å². The predicted octanol–water partition coefficient (Wildman–Crippen LogP) is 1.81. The molecule has 2 heterocycles. The third-order valence-corrected chi connectivity index (χ3v) is 3.92. The first-order valence-corrected chi connectivity index (χ1v) is 5.86. The molecular weight excluding hydrogens is 190 g/mol. The first kappa shape index (κ1) is 10.9. The molecule has 2 aliphatic rings. The molecule has 0 aromatic rings. The van der Waals surface area contributed by atoms with Crippen molar-refractivity contribution in [3.63, 3.8) is 0 Å². The van der Waals surface area contributed by atoms with Gasteiger partial charge >= 0.3 is 5.97 Å². The molecule has 0 bridgehead atoms. The zero-order valence-corrected chi connectivity index (χ0v) is 10.0. The summed E-state index contributed by atoms with van der Waals surface area (Å²) in [6.45, 7) is 9.39. The normalized spacial score (nSPS) is 27.0. The van der Waals surface area contributed by atoms with Crippen LogP contribution in [0.2, 0.25) is 0 Å². The Morgan fingerprint density at radius 3 is 2.20 bits per heavy atom. The molecule has 0 unspecified atom stereocenters. The van der Waals surface area contributed by atoms with Crippen LogP contribution in [0.25, 0.3) is 0 Å². The van der Waals surface area contributed by atoms with Crippen molar-refractivity contribution in [3.05, 3.63) is 0 Å². The SMILES string of the molecule is CC(C)(C)N1CCC2(CCOC2=O)CC1. The average Bonchev–Trinajstić information content (AvgIpc) is 2.48. The summed E-state index contributed by atoms with van der Waals surface area (Å²) in [4.78, 5) is 14.1. The Morgan fingerprint density at radius 2 is 1.80 bits per heavy atom. The molecule has 0 aromatic carbocycles. The lowest BCUT2D eigenvalue weighted by atomic mass is 9.76. The highest BCUT2D eigenvalue weighted by atomic mass is 16.5. The summed E-state index contributed by atoms with van der Waals surface area (Å²) in [5.41, 5.74) is 0.103. The van der Waals surface area contributed by atoms with Crippen molar-refractivity contribution in [1.29, 1.82) is 0 Å². The Bertz CT molecular complexity index is 259. The first-order valence-electron chi connectivity index (χ1n) is 5.86. The van der Waals surface area contributed by atoms with Crippen LogP contribution >= 0.6 is 0 Å². The van der Waals surface area contributed by atoms with Gasteiger partial charge in [0.2, 0.25) is 0 Å². The molecule has 0 aromatic heterocycles. The van der Waals surface area contributed by atoms with Gasteiger partial charge in [-0.25, -0.2) is 0 Å². The van der Waals surface area contributed by atoms with Gasteiger partial charge in [0.1, 0.15) is 0 Å². The minimum absolute atomic E-state index is 0.0519. The van der Waals surface area contributed by atoms with E-state index in [-0.39, 0.29) is 16.9 Å². The number of nitrogens with zero attached hydrogens (tertiary/aromatic N) is 1. The van der Waals surface area contributed by atoms with Gasteiger partial charge in [0, 0.05) is 5.54 Å². The molecule has 1 spiro atoms. The lowest BCUT2D eigenvalue weighted by molar-refractivity contribution is -0.149. The molecule has 2 rings (SSSR count). The number of ether oxygens (including phenoxy) is 1. The maximum Gasteiger partial charge on any atom is 0.312 e. The van der Waals surface area contributed by atoms with Crippen molar-refractivity contribution in [2.75, 3.05) is 19.7 Å². The van der Waals surface area contributed by atoms with E-state index >= 15 is 0 Å². The summed E-state index contributed by atoms with van der Waals surface area (Å²) in [5.74, 6) is 0.0519. The molecule has 0 N–H and O–H groups in total. The van der Waals surface area contributed by atoms with Crippen LogP contribution in [0.1, 0.15) is 40.0 Å². The largest absolute Gasteiger partial charge is 0.465 e. The van der Waals surface area contributed by atoms with Gasteiger partial charge in [-0.1, -0.05) is 0 Å². The third-order valence-electron chi connectivity index (χ3n) is 3.92. The van der Waals surface area contributed by atoms with Crippen molar-refractivity contribution in [3.8, 4) is 0 Å². The lowest BCUT2D eigenvalue weighted by Gasteiger charge is -2.43. The van der Waals surface area contributed by atoms with Crippen LogP contribution in [-0.4, -0.2) is 36.1 Å². The van der Waals surface area contributed by atoms with Crippen molar-refractivity contribution in [2.24, 2.45) is 5.41 Å². The summed E-state index contributed by atoms with van der Waals surface area (Å²) < 4.78 is 5.11. The van der Waals surface area contributed by atoms with E-state index in [0.29, 0.717) is 6.61 Å². The van der Waals surface area contributed by atoms with Gasteiger partial charge in [-0.3, -0.25) is 9.69 Å². The summed E-state index contributed by atoms with van der Waals surface area (Å²) >= 11 is 0. The van der Waals surface area contributed by atoms with Gasteiger partial charge in [-0.2, -0.15) is 0 Å². The molecule has 0 saturated carbocycles. The maximum absolute atomic E-state index is 11.7. The number of carbonyl (C=O) groups excluding carboxylic acids is 1. The fraction of sp³-hybridized carbons (Fsp3) is 0.917. The van der Waals surface area contributed by atoms with E-state index in [2.05, 4.69) is 25.7 Å². The number of hydrogen-bond acceptors (Lipinski definition) is 3. The quantitative estimate of drug-likeness (QED) is 0.572. The van der Waals surface area contributed by atoms with Crippen molar-refractivity contribution in [2.45, 2.75) is 45.6 Å². The molecule has 2 fully saturated rings. The van der Waals surface area contributed by atoms with Crippen LogP contribution in [0.3, 0.4) is 0 Å². The fourth-order valence-corrected chi connectivity index (χ4v) is 2.65. The Morgan fingerprint density at radius 1 is 1.20 bits per heavy atom. The number of hydrogen-bond donors (Lipinski definition) is 0. The summed E-state index contributed by atoms with van der Waals surface area (Å²) in [7, 11) is 0. The molecule has 3 nitrogen and oxygen atoms in total. The van der Waals surface area contributed by atoms with Crippen LogP contribution in [0.15, 0.2) is 0 Å². The smallest absolute Gasteiger partial charge is 0.312 e. The molecule has 2 aliphatic heterocycles. The second-order valence-electron chi connectivity index (χ2n) is 5.82. The second-order valence-corrected chi connectivity index (χ2v) is 5.82. The second kappa shape index (κ2) is 3.48. The van der Waals surface area contributed by atoms with E-state index in [1.165, 1.54) is 0 Å². The maximum atomic E-state index is 11.7. The highest BCUT2D eigenvalue weighted by Crippen LogP contribution is 2.41. The predicted molar refractivity (Wildman–Crippen MR) is 58.6 cm³/mol. The van der Waals surface area contributed by atoms with E-state index in [1.807, 2.05) is 0 Å². The Hall–Kier alpha value is -0.570. The molecule has 2 saturated heterocycles. The highest BCUT2D eigenvalue weighted by molar-refractivity contribution is 5.78. The van der Waals surface area contributed by atoms with Gasteiger partial charge in [0.15, 0.2) is 0 Å². The van der Waals surface area contributed by atoms with E-state index < -0.39 is 0 Å². The van der Waals surface area contributed by atoms with Gasteiger partial charge < -0.3 is 4.74 Å². The van der Waals surface area contributed by atoms with E-state index in [0.717, 1.165) is 32.4 Å². The minimum atomic E-state index is -0.123. The van der Waals surface area contributed by atoms with Crippen molar-refractivity contribution < 1.29 is 9.53 Å². The molecule has 0 aliphatic carbocycles. The number of likely N-dealkylation sites (tertiary alicyclic amines) is 1. The summed E-state index contributed by atoms with van der Waals surface area (Å²) in [5, 5.41) is 0. The Kier molecular flexibility index (Phi) is 2.53. The van der Waals surface area contributed by atoms with Crippen LogP contribution < -0.4 is 0 Å². The third kappa shape index (κ3) is 1.89. The monoisotopic (exact) mass is 211 g/mol. The molecule has 0 radical (unpaired) electrons. The molecule has 0 atom stereocenters. The van der Waals surface area contributed by atoms with E-state index in [1.54, 1.807) is 0 Å². The van der Waals surface area contributed by atoms with E-state index in [9.17, 15) is 4.79 Å². The number of rotatable bonds is 0. The minimum Gasteiger partial charge on any atom is -0.465 e. The number of esters is 1. The molecule has 86 valence electrons. The first-order chi connectivity index (χ1) is 6.94. The highest BCUT2D eigenvalue weighted by Gasteiger charge is 2.47. The topological polar surface area (TPSA) is 29.5 Å². The van der Waals surface area contributed by atoms with E-state index in [4.69, 9.17) is 4.74 Å². The van der Waals surface area contributed by atoms with Crippen LogP contribution in [0.5, 0.6) is 0 Å². The lowest BCUT2D eigenvalue weighted by Crippen LogP contribution is -2.50. The molecule has 15 heavy (non-hydrogen) atoms. The molecular formula is C12H21NO2. The standard InChI is InChI=1S/C12H21NO2/c1-11(2,3)13-7-4-12(5-8-13)6-9-15-10(12)14/h4-9H2,1-3H3. The van der Waals surface area contributed by atoms with Crippen molar-refractivity contribution >= 4 is 5.97 Å². The Balaban J connectivity index is 2.00. The van der Waals surface area contributed by atoms with Crippen LogP contribution in [-0.2, 0) is 9.53 Å². The van der Waals surface area contributed by atoms with Gasteiger partial charge in [-0.05, 0) is 53.1 Å². The molecule has 3 heteroatoms. The van der Waals surface area contributed by atoms with Gasteiger partial charge in [0.25, 0.3) is 0 Å². The average molecular weight is 211 g/mol. The number of cyclic esters (lactones) is 1. The zero-order chi connectivity index (χ0) is 11.1. The fourth-order valence-electron chi connectivity index (χ4n) is 2.65. The zero-order valence-electron chi connectivity index (χ0n) is 10.0. The van der Waals surface area contributed by atoms with Gasteiger partial charge in [0.05, 0.1) is 12.0 Å². The van der Waals surface area contributed by atoms with Crippen LogP contribution in [0, 0.1) is 5.41 Å². The molecule has 0 amide bonds. The number of piperidine rings is 1. The summed E-state index contributed by atoms with van der Waals surface area (Å²) in [6.07, 6.45) is 2.88. The number of carbonyl (C=O) groups is 1. The Labute approximate surface area is 91.8 Å². The van der Waals surface area contributed by atoms with Gasteiger partial charge in [-0.15, -0.1) is 0 Å².